The summed E-state index contributed by atoms with van der Waals surface area (Å²) >= 11 is 0. The maximum absolute atomic E-state index is 2.42. The highest BCUT2D eigenvalue weighted by Crippen LogP contribution is 1.97. The lowest BCUT2D eigenvalue weighted by Crippen LogP contribution is -2.89. The quantitative estimate of drug-likeness (QED) is 0.705. The van der Waals surface area contributed by atoms with Crippen LogP contribution in [0.1, 0.15) is 25.8 Å². The first-order valence-electron chi connectivity index (χ1n) is 5.20. The van der Waals surface area contributed by atoms with E-state index < -0.39 is 0 Å². The van der Waals surface area contributed by atoms with Crippen LogP contribution in [-0.4, -0.2) is 12.6 Å². The van der Waals surface area contributed by atoms with E-state index in [1.807, 2.05) is 0 Å². The molecule has 0 saturated heterocycles. The predicted octanol–water partition coefficient (Wildman–Crippen LogP) is 1.59. The minimum absolute atomic E-state index is 0.767. The predicted molar refractivity (Wildman–Crippen MR) is 56.7 cm³/mol. The zero-order chi connectivity index (χ0) is 9.52. The van der Waals surface area contributed by atoms with Gasteiger partial charge in [0, 0.05) is 6.42 Å². The monoisotopic (exact) mass is 178 g/mol. The summed E-state index contributed by atoms with van der Waals surface area (Å²) in [5.41, 5.74) is 1.45. The number of nitrogens with two attached hydrogens (primary N) is 1. The van der Waals surface area contributed by atoms with Gasteiger partial charge in [-0.1, -0.05) is 37.3 Å². The zero-order valence-electron chi connectivity index (χ0n) is 8.66. The molecule has 1 heteroatoms. The van der Waals surface area contributed by atoms with Crippen LogP contribution in [0.3, 0.4) is 0 Å². The highest BCUT2D eigenvalue weighted by molar-refractivity contribution is 5.14. The highest BCUT2D eigenvalue weighted by atomic mass is 14.9. The van der Waals surface area contributed by atoms with Crippen molar-refractivity contribution in [3.8, 4) is 0 Å². The molecule has 0 aliphatic rings. The van der Waals surface area contributed by atoms with Crippen LogP contribution in [-0.2, 0) is 6.42 Å². The van der Waals surface area contributed by atoms with Crippen LogP contribution < -0.4 is 5.32 Å². The smallest absolute Gasteiger partial charge is 0.0827 e. The number of hydrogen-bond acceptors (Lipinski definition) is 0. The zero-order valence-corrected chi connectivity index (χ0v) is 8.66. The lowest BCUT2D eigenvalue weighted by atomic mass is 10.1. The highest BCUT2D eigenvalue weighted by Gasteiger charge is 2.00. The molecule has 1 nitrogen and oxygen atoms in total. The van der Waals surface area contributed by atoms with Crippen molar-refractivity contribution < 1.29 is 5.32 Å². The molecule has 1 aromatic rings. The van der Waals surface area contributed by atoms with Gasteiger partial charge in [0.25, 0.3) is 0 Å². The van der Waals surface area contributed by atoms with E-state index in [-0.39, 0.29) is 0 Å². The molecule has 0 saturated carbocycles. The third kappa shape index (κ3) is 4.09. The van der Waals surface area contributed by atoms with Gasteiger partial charge in [0.15, 0.2) is 0 Å². The Morgan fingerprint density at radius 2 is 1.92 bits per heavy atom. The summed E-state index contributed by atoms with van der Waals surface area (Å²) < 4.78 is 0. The molecule has 0 aromatic heterocycles. The fourth-order valence-corrected chi connectivity index (χ4v) is 1.35. The summed E-state index contributed by atoms with van der Waals surface area (Å²) in [6.45, 7) is 5.73. The van der Waals surface area contributed by atoms with Crippen LogP contribution in [0.5, 0.6) is 0 Å². The summed E-state index contributed by atoms with van der Waals surface area (Å²) in [5.74, 6) is 0. The molecule has 0 unspecified atom stereocenters. The lowest BCUT2D eigenvalue weighted by Gasteiger charge is -2.07. The van der Waals surface area contributed by atoms with Crippen molar-refractivity contribution in [2.45, 2.75) is 32.7 Å². The minimum atomic E-state index is 0.767. The van der Waals surface area contributed by atoms with Crippen molar-refractivity contribution in [3.05, 3.63) is 35.9 Å². The first-order chi connectivity index (χ1) is 6.33. The average Bonchev–Trinajstić information content (AvgIpc) is 2.19. The van der Waals surface area contributed by atoms with Crippen molar-refractivity contribution in [1.29, 1.82) is 0 Å². The standard InChI is InChI=1S/C12H19N/c1-3-11(2)13-10-9-12-7-5-4-6-8-12/h4-8,11,13H,3,9-10H2,1-2H3/p+1/t11-/m0/s1. The van der Waals surface area contributed by atoms with E-state index in [0.29, 0.717) is 0 Å². The van der Waals surface area contributed by atoms with Crippen LogP contribution in [0.25, 0.3) is 0 Å². The second-order valence-electron chi connectivity index (χ2n) is 3.65. The first-order valence-corrected chi connectivity index (χ1v) is 5.20. The number of benzene rings is 1. The van der Waals surface area contributed by atoms with E-state index in [1.54, 1.807) is 0 Å². The molecule has 0 fully saturated rings. The van der Waals surface area contributed by atoms with E-state index >= 15 is 0 Å². The Hall–Kier alpha value is -0.820. The SMILES string of the molecule is CC[C@H](C)[NH2+]CCc1ccccc1. The second-order valence-corrected chi connectivity index (χ2v) is 3.65. The fourth-order valence-electron chi connectivity index (χ4n) is 1.35. The molecule has 0 heterocycles. The summed E-state index contributed by atoms with van der Waals surface area (Å²) in [4.78, 5) is 0. The Morgan fingerprint density at radius 1 is 1.23 bits per heavy atom. The largest absolute Gasteiger partial charge is 0.344 e. The molecule has 1 aromatic carbocycles. The van der Waals surface area contributed by atoms with Crippen LogP contribution in [0, 0.1) is 0 Å². The normalized spacial score (nSPS) is 12.8. The van der Waals surface area contributed by atoms with Gasteiger partial charge in [-0.15, -0.1) is 0 Å². The number of hydrogen-bond donors (Lipinski definition) is 1. The van der Waals surface area contributed by atoms with Gasteiger partial charge in [-0.3, -0.25) is 0 Å². The molecule has 0 bridgehead atoms. The summed E-state index contributed by atoms with van der Waals surface area (Å²) in [6.07, 6.45) is 2.44. The molecule has 0 aliphatic carbocycles. The Morgan fingerprint density at radius 3 is 2.54 bits per heavy atom. The van der Waals surface area contributed by atoms with Gasteiger partial charge in [-0.05, 0) is 18.9 Å². The van der Waals surface area contributed by atoms with E-state index in [1.165, 1.54) is 24.9 Å². The Balaban J connectivity index is 2.20. The summed E-state index contributed by atoms with van der Waals surface area (Å²) in [5, 5.41) is 2.42. The van der Waals surface area contributed by atoms with Gasteiger partial charge < -0.3 is 5.32 Å². The third-order valence-electron chi connectivity index (χ3n) is 2.49. The van der Waals surface area contributed by atoms with Gasteiger partial charge in [0.2, 0.25) is 0 Å². The average molecular weight is 178 g/mol. The second kappa shape index (κ2) is 5.76. The van der Waals surface area contributed by atoms with Crippen LogP contribution in [0.15, 0.2) is 30.3 Å². The Kier molecular flexibility index (Phi) is 4.55. The molecule has 2 N–H and O–H groups in total. The maximum Gasteiger partial charge on any atom is 0.0827 e. The molecule has 13 heavy (non-hydrogen) atoms. The van der Waals surface area contributed by atoms with Crippen LogP contribution >= 0.6 is 0 Å². The number of quaternary nitrogens is 1. The first kappa shape index (κ1) is 10.3. The summed E-state index contributed by atoms with van der Waals surface area (Å²) in [7, 11) is 0. The summed E-state index contributed by atoms with van der Waals surface area (Å²) in [6, 6.07) is 11.5. The van der Waals surface area contributed by atoms with Gasteiger partial charge in [0.05, 0.1) is 12.6 Å². The molecule has 72 valence electrons. The lowest BCUT2D eigenvalue weighted by molar-refractivity contribution is -0.685. The van der Waals surface area contributed by atoms with Gasteiger partial charge in [0.1, 0.15) is 0 Å². The molecule has 0 radical (unpaired) electrons. The molecule has 1 atom stereocenters. The van der Waals surface area contributed by atoms with Gasteiger partial charge >= 0.3 is 0 Å². The fraction of sp³-hybridized carbons (Fsp3) is 0.500. The van der Waals surface area contributed by atoms with Crippen LogP contribution in [0.4, 0.5) is 0 Å². The van der Waals surface area contributed by atoms with Crippen LogP contribution in [0.2, 0.25) is 0 Å². The topological polar surface area (TPSA) is 16.6 Å². The van der Waals surface area contributed by atoms with Gasteiger partial charge in [-0.2, -0.15) is 0 Å². The van der Waals surface area contributed by atoms with Crippen molar-refractivity contribution >= 4 is 0 Å². The molecular weight excluding hydrogens is 158 g/mol. The number of rotatable bonds is 5. The van der Waals surface area contributed by atoms with Crippen molar-refractivity contribution in [1.82, 2.24) is 0 Å². The Bertz CT molecular complexity index is 218. The van der Waals surface area contributed by atoms with Crippen molar-refractivity contribution in [2.75, 3.05) is 6.54 Å². The molecular formula is C12H20N+. The van der Waals surface area contributed by atoms with Crippen molar-refractivity contribution in [2.24, 2.45) is 0 Å². The van der Waals surface area contributed by atoms with E-state index in [2.05, 4.69) is 49.5 Å². The molecule has 0 aliphatic heterocycles. The Labute approximate surface area is 81.2 Å². The van der Waals surface area contributed by atoms with Crippen molar-refractivity contribution in [3.63, 3.8) is 0 Å². The van der Waals surface area contributed by atoms with Gasteiger partial charge in [-0.25, -0.2) is 0 Å². The maximum atomic E-state index is 2.42. The van der Waals surface area contributed by atoms with E-state index in [0.717, 1.165) is 6.04 Å². The van der Waals surface area contributed by atoms with E-state index in [9.17, 15) is 0 Å². The molecule has 1 rings (SSSR count). The molecule has 0 spiro atoms. The minimum Gasteiger partial charge on any atom is -0.344 e. The third-order valence-corrected chi connectivity index (χ3v) is 2.49. The van der Waals surface area contributed by atoms with E-state index in [4.69, 9.17) is 0 Å². The molecule has 0 amide bonds.